The minimum Gasteiger partial charge on any atom is -0.399 e. The summed E-state index contributed by atoms with van der Waals surface area (Å²) < 4.78 is 27.5. The van der Waals surface area contributed by atoms with Gasteiger partial charge in [0.2, 0.25) is 0 Å². The van der Waals surface area contributed by atoms with E-state index in [4.69, 9.17) is 5.73 Å². The van der Waals surface area contributed by atoms with E-state index in [-0.39, 0.29) is 10.2 Å². The predicted octanol–water partition coefficient (Wildman–Crippen LogP) is 4.80. The third-order valence-electron chi connectivity index (χ3n) is 4.51. The van der Waals surface area contributed by atoms with Crippen LogP contribution in [0, 0.1) is 17.6 Å². The van der Waals surface area contributed by atoms with Crippen molar-refractivity contribution in [3.8, 4) is 0 Å². The van der Waals surface area contributed by atoms with Gasteiger partial charge in [0.25, 0.3) is 5.91 Å². The van der Waals surface area contributed by atoms with Gasteiger partial charge >= 0.3 is 0 Å². The molecule has 1 fully saturated rings. The van der Waals surface area contributed by atoms with Crippen LogP contribution in [0.5, 0.6) is 0 Å². The van der Waals surface area contributed by atoms with Gasteiger partial charge in [-0.2, -0.15) is 0 Å². The molecule has 0 bridgehead atoms. The van der Waals surface area contributed by atoms with Gasteiger partial charge in [-0.15, -0.1) is 0 Å². The molecule has 4 nitrogen and oxygen atoms in total. The Hall–Kier alpha value is -2.15. The van der Waals surface area contributed by atoms with Crippen LogP contribution < -0.4 is 16.0 Å². The normalized spacial score (nSPS) is 17.2. The maximum absolute atomic E-state index is 14.1. The molecule has 1 atom stereocenters. The summed E-state index contributed by atoms with van der Waals surface area (Å²) in [6.07, 6.45) is 2.20. The van der Waals surface area contributed by atoms with Gasteiger partial charge in [0.1, 0.15) is 5.82 Å². The first-order chi connectivity index (χ1) is 12.3. The third kappa shape index (κ3) is 3.98. The van der Waals surface area contributed by atoms with E-state index in [0.717, 1.165) is 43.8 Å². The number of carbonyl (C=O) groups excluding carboxylic acids is 1. The highest BCUT2D eigenvalue weighted by atomic mass is 79.9. The Morgan fingerprint density at radius 1 is 1.31 bits per heavy atom. The molecule has 3 N–H and O–H groups in total. The molecule has 1 heterocycles. The van der Waals surface area contributed by atoms with Crippen molar-refractivity contribution in [1.29, 1.82) is 0 Å². The number of nitrogen functional groups attached to an aromatic ring is 1. The van der Waals surface area contributed by atoms with Gasteiger partial charge in [0, 0.05) is 35.0 Å². The molecular formula is C19H20BrF2N3O. The van der Waals surface area contributed by atoms with Gasteiger partial charge in [0.05, 0.1) is 11.3 Å². The van der Waals surface area contributed by atoms with Gasteiger partial charge in [-0.25, -0.2) is 8.78 Å². The largest absolute Gasteiger partial charge is 0.399 e. The average Bonchev–Trinajstić information content (AvgIpc) is 2.57. The van der Waals surface area contributed by atoms with E-state index >= 15 is 0 Å². The van der Waals surface area contributed by atoms with Crippen molar-refractivity contribution < 1.29 is 13.6 Å². The van der Waals surface area contributed by atoms with Crippen molar-refractivity contribution in [2.24, 2.45) is 5.92 Å². The molecule has 26 heavy (non-hydrogen) atoms. The first-order valence-electron chi connectivity index (χ1n) is 8.45. The Morgan fingerprint density at radius 3 is 2.77 bits per heavy atom. The summed E-state index contributed by atoms with van der Waals surface area (Å²) in [5.74, 6) is -1.53. The molecule has 1 saturated heterocycles. The fraction of sp³-hybridized carbons (Fsp3) is 0.316. The number of halogens is 3. The fourth-order valence-corrected chi connectivity index (χ4v) is 3.77. The molecule has 1 unspecified atom stereocenters. The molecule has 7 heteroatoms. The molecule has 1 aliphatic rings. The van der Waals surface area contributed by atoms with E-state index in [1.54, 1.807) is 12.1 Å². The van der Waals surface area contributed by atoms with Crippen molar-refractivity contribution in [1.82, 2.24) is 0 Å². The Bertz CT molecular complexity index is 821. The van der Waals surface area contributed by atoms with Crippen molar-refractivity contribution in [3.63, 3.8) is 0 Å². The highest BCUT2D eigenvalue weighted by Gasteiger charge is 2.23. The van der Waals surface area contributed by atoms with E-state index in [1.807, 2.05) is 6.07 Å². The number of piperidine rings is 1. The number of carbonyl (C=O) groups is 1. The van der Waals surface area contributed by atoms with Gasteiger partial charge in [0.15, 0.2) is 5.82 Å². The van der Waals surface area contributed by atoms with Crippen LogP contribution in [-0.4, -0.2) is 19.0 Å². The number of amides is 1. The quantitative estimate of drug-likeness (QED) is 0.697. The second-order valence-electron chi connectivity index (χ2n) is 6.67. The highest BCUT2D eigenvalue weighted by molar-refractivity contribution is 9.10. The minimum atomic E-state index is -0.845. The maximum Gasteiger partial charge on any atom is 0.257 e. The molecule has 1 amide bonds. The molecule has 2 aromatic rings. The molecule has 0 saturated carbocycles. The summed E-state index contributed by atoms with van der Waals surface area (Å²) in [5.41, 5.74) is 7.35. The summed E-state index contributed by atoms with van der Waals surface area (Å²) >= 11 is 3.09. The van der Waals surface area contributed by atoms with Crippen LogP contribution in [0.25, 0.3) is 0 Å². The number of anilines is 3. The number of nitrogens with zero attached hydrogens (tertiary/aromatic N) is 1. The zero-order valence-corrected chi connectivity index (χ0v) is 15.9. The summed E-state index contributed by atoms with van der Waals surface area (Å²) in [4.78, 5) is 15.0. The topological polar surface area (TPSA) is 58.4 Å². The van der Waals surface area contributed by atoms with Crippen molar-refractivity contribution >= 4 is 38.9 Å². The Kier molecular flexibility index (Phi) is 5.46. The van der Waals surface area contributed by atoms with Crippen LogP contribution in [0.4, 0.5) is 25.8 Å². The standard InChI is InChI=1S/C19H20BrF2N3O/c1-11-3-2-6-25(10-11)17-5-4-13(23)9-14(17)19(26)24-18-15(20)7-12(21)8-16(18)22/h4-5,7-9,11H,2-3,6,10,23H2,1H3,(H,24,26). The summed E-state index contributed by atoms with van der Waals surface area (Å²) in [7, 11) is 0. The zero-order chi connectivity index (χ0) is 18.8. The molecule has 0 aromatic heterocycles. The number of benzene rings is 2. The lowest BCUT2D eigenvalue weighted by Crippen LogP contribution is -2.35. The van der Waals surface area contributed by atoms with Gasteiger partial charge in [-0.05, 0) is 59.0 Å². The number of rotatable bonds is 3. The Morgan fingerprint density at radius 2 is 2.08 bits per heavy atom. The van der Waals surface area contributed by atoms with E-state index in [2.05, 4.69) is 33.1 Å². The number of hydrogen-bond donors (Lipinski definition) is 2. The number of hydrogen-bond acceptors (Lipinski definition) is 3. The number of nitrogens with two attached hydrogens (primary N) is 1. The lowest BCUT2D eigenvalue weighted by Gasteiger charge is -2.34. The Labute approximate surface area is 159 Å². The third-order valence-corrected chi connectivity index (χ3v) is 5.13. The lowest BCUT2D eigenvalue weighted by molar-refractivity contribution is 0.102. The summed E-state index contributed by atoms with van der Waals surface area (Å²) in [6, 6.07) is 6.98. The van der Waals surface area contributed by atoms with E-state index in [0.29, 0.717) is 17.2 Å². The van der Waals surface area contributed by atoms with E-state index < -0.39 is 17.5 Å². The zero-order valence-electron chi connectivity index (χ0n) is 14.4. The molecular weight excluding hydrogens is 404 g/mol. The molecule has 0 spiro atoms. The minimum absolute atomic E-state index is 0.100. The van der Waals surface area contributed by atoms with Crippen molar-refractivity contribution in [3.05, 3.63) is 52.0 Å². The van der Waals surface area contributed by atoms with E-state index in [9.17, 15) is 13.6 Å². The van der Waals surface area contributed by atoms with Gasteiger partial charge in [-0.3, -0.25) is 4.79 Å². The van der Waals surface area contributed by atoms with E-state index in [1.165, 1.54) is 0 Å². The van der Waals surface area contributed by atoms with Crippen LogP contribution >= 0.6 is 15.9 Å². The summed E-state index contributed by atoms with van der Waals surface area (Å²) in [6.45, 7) is 3.87. The highest BCUT2D eigenvalue weighted by Crippen LogP contribution is 2.31. The SMILES string of the molecule is CC1CCCN(c2ccc(N)cc2C(=O)Nc2c(F)cc(F)cc2Br)C1. The molecule has 3 rings (SSSR count). The Balaban J connectivity index is 1.93. The number of nitrogens with one attached hydrogen (secondary N) is 1. The second kappa shape index (κ2) is 7.61. The van der Waals surface area contributed by atoms with Crippen molar-refractivity contribution in [2.75, 3.05) is 29.0 Å². The molecule has 138 valence electrons. The summed E-state index contributed by atoms with van der Waals surface area (Å²) in [5, 5.41) is 2.53. The molecule has 0 radical (unpaired) electrons. The molecule has 2 aromatic carbocycles. The average molecular weight is 424 g/mol. The lowest BCUT2D eigenvalue weighted by atomic mass is 9.98. The fourth-order valence-electron chi connectivity index (χ4n) is 3.26. The molecule has 1 aliphatic heterocycles. The van der Waals surface area contributed by atoms with Crippen LogP contribution in [0.3, 0.4) is 0 Å². The van der Waals surface area contributed by atoms with Gasteiger partial charge < -0.3 is 16.0 Å². The van der Waals surface area contributed by atoms with Gasteiger partial charge in [-0.1, -0.05) is 6.92 Å². The van der Waals surface area contributed by atoms with Crippen LogP contribution in [0.15, 0.2) is 34.8 Å². The first kappa shape index (κ1) is 18.6. The first-order valence-corrected chi connectivity index (χ1v) is 9.25. The van der Waals surface area contributed by atoms with Crippen molar-refractivity contribution in [2.45, 2.75) is 19.8 Å². The van der Waals surface area contributed by atoms with Crippen LogP contribution in [0.2, 0.25) is 0 Å². The smallest absolute Gasteiger partial charge is 0.257 e. The maximum atomic E-state index is 14.1. The van der Waals surface area contributed by atoms with Crippen LogP contribution in [0.1, 0.15) is 30.1 Å². The molecule has 0 aliphatic carbocycles. The monoisotopic (exact) mass is 423 g/mol. The van der Waals surface area contributed by atoms with Crippen LogP contribution in [-0.2, 0) is 0 Å². The predicted molar refractivity (Wildman–Crippen MR) is 103 cm³/mol. The second-order valence-corrected chi connectivity index (χ2v) is 7.52.